The molecule has 0 saturated heterocycles. The molecule has 96 valence electrons. The summed E-state index contributed by atoms with van der Waals surface area (Å²) in [4.78, 5) is 0.126. The molecule has 0 aliphatic carbocycles. The number of hydrogen-bond acceptors (Lipinski definition) is 6. The Morgan fingerprint density at radius 1 is 1.44 bits per heavy atom. The fourth-order valence-electron chi connectivity index (χ4n) is 1.27. The number of benzene rings is 1. The largest absolute Gasteiger partial charge is 0.326 e. The molecule has 1 heterocycles. The van der Waals surface area contributed by atoms with Gasteiger partial charge in [0.15, 0.2) is 0 Å². The fraction of sp³-hybridized carbons (Fsp3) is 0.111. The highest BCUT2D eigenvalue weighted by Gasteiger charge is 2.19. The summed E-state index contributed by atoms with van der Waals surface area (Å²) in [6.07, 6.45) is 0. The van der Waals surface area contributed by atoms with Crippen LogP contribution in [0.5, 0.6) is 0 Å². The predicted octanol–water partition coefficient (Wildman–Crippen LogP) is 1.56. The summed E-state index contributed by atoms with van der Waals surface area (Å²) in [5.74, 6) is 0. The van der Waals surface area contributed by atoms with Crippen molar-refractivity contribution in [2.24, 2.45) is 5.73 Å². The van der Waals surface area contributed by atoms with Crippen LogP contribution in [0.15, 0.2) is 33.1 Å². The van der Waals surface area contributed by atoms with Crippen LogP contribution in [0, 0.1) is 0 Å². The van der Waals surface area contributed by atoms with Gasteiger partial charge in [-0.3, -0.25) is 4.72 Å². The Hall–Kier alpha value is -1.03. The van der Waals surface area contributed by atoms with E-state index in [-0.39, 0.29) is 16.6 Å². The lowest BCUT2D eigenvalue weighted by Crippen LogP contribution is -2.14. The van der Waals surface area contributed by atoms with E-state index in [9.17, 15) is 8.42 Å². The van der Waals surface area contributed by atoms with Gasteiger partial charge in [0.25, 0.3) is 10.0 Å². The van der Waals surface area contributed by atoms with Crippen LogP contribution in [0.1, 0.15) is 5.56 Å². The van der Waals surface area contributed by atoms with Gasteiger partial charge in [0.05, 0.1) is 0 Å². The first-order chi connectivity index (χ1) is 8.53. The van der Waals surface area contributed by atoms with E-state index >= 15 is 0 Å². The van der Waals surface area contributed by atoms with Gasteiger partial charge in [-0.05, 0) is 33.6 Å². The summed E-state index contributed by atoms with van der Waals surface area (Å²) >= 11 is 4.31. The molecule has 0 bridgehead atoms. The number of hydrogen-bond donors (Lipinski definition) is 2. The fourth-order valence-corrected chi connectivity index (χ4v) is 3.98. The number of anilines is 1. The molecular formula is C9H9BrN4O2S2. The number of nitrogens with one attached hydrogen (secondary N) is 1. The third-order valence-electron chi connectivity index (χ3n) is 2.10. The van der Waals surface area contributed by atoms with E-state index in [1.165, 1.54) is 11.6 Å². The van der Waals surface area contributed by atoms with E-state index in [1.54, 1.807) is 12.1 Å². The zero-order valence-corrected chi connectivity index (χ0v) is 12.2. The highest BCUT2D eigenvalue weighted by molar-refractivity contribution is 9.10. The zero-order chi connectivity index (χ0) is 13.2. The molecule has 2 rings (SSSR count). The molecule has 0 spiro atoms. The molecule has 18 heavy (non-hydrogen) atoms. The van der Waals surface area contributed by atoms with Crippen molar-refractivity contribution in [3.8, 4) is 0 Å². The van der Waals surface area contributed by atoms with Crippen LogP contribution in [0.25, 0.3) is 0 Å². The minimum atomic E-state index is -3.69. The number of nitrogens with zero attached hydrogens (tertiary/aromatic N) is 2. The monoisotopic (exact) mass is 348 g/mol. The van der Waals surface area contributed by atoms with E-state index in [0.29, 0.717) is 4.47 Å². The van der Waals surface area contributed by atoms with Crippen LogP contribution in [0.4, 0.5) is 5.13 Å². The summed E-state index contributed by atoms with van der Waals surface area (Å²) < 4.78 is 27.1. The van der Waals surface area contributed by atoms with Crippen molar-refractivity contribution in [2.45, 2.75) is 11.4 Å². The molecule has 3 N–H and O–H groups in total. The Morgan fingerprint density at radius 3 is 2.83 bits per heavy atom. The Morgan fingerprint density at radius 2 is 2.22 bits per heavy atom. The summed E-state index contributed by atoms with van der Waals surface area (Å²) in [6.45, 7) is 0.272. The summed E-state index contributed by atoms with van der Waals surface area (Å²) in [5.41, 5.74) is 7.68. The maximum atomic E-state index is 12.1. The third kappa shape index (κ3) is 2.86. The topological polar surface area (TPSA) is 98.0 Å². The Bertz CT molecular complexity index is 643. The lowest BCUT2D eigenvalue weighted by Gasteiger charge is -2.08. The smallest absolute Gasteiger partial charge is 0.264 e. The summed E-state index contributed by atoms with van der Waals surface area (Å²) in [5, 5.41) is 7.43. The summed E-state index contributed by atoms with van der Waals surface area (Å²) in [7, 11) is -3.69. The summed E-state index contributed by atoms with van der Waals surface area (Å²) in [6, 6.07) is 4.93. The van der Waals surface area contributed by atoms with Crippen LogP contribution in [0.2, 0.25) is 0 Å². The Balaban J connectivity index is 2.40. The van der Waals surface area contributed by atoms with Crippen LogP contribution < -0.4 is 10.5 Å². The first-order valence-electron chi connectivity index (χ1n) is 4.80. The van der Waals surface area contributed by atoms with Crippen LogP contribution >= 0.6 is 27.3 Å². The highest BCUT2D eigenvalue weighted by Crippen LogP contribution is 2.25. The van der Waals surface area contributed by atoms with Gasteiger partial charge in [-0.1, -0.05) is 17.4 Å². The molecule has 0 aliphatic heterocycles. The van der Waals surface area contributed by atoms with Gasteiger partial charge < -0.3 is 5.73 Å². The molecule has 0 unspecified atom stereocenters. The van der Waals surface area contributed by atoms with E-state index in [0.717, 1.165) is 16.9 Å². The number of halogens is 1. The first kappa shape index (κ1) is 13.4. The Kier molecular flexibility index (Phi) is 3.95. The van der Waals surface area contributed by atoms with Crippen molar-refractivity contribution in [2.75, 3.05) is 4.72 Å². The van der Waals surface area contributed by atoms with Gasteiger partial charge in [-0.25, -0.2) is 8.42 Å². The van der Waals surface area contributed by atoms with Crippen molar-refractivity contribution in [3.63, 3.8) is 0 Å². The highest BCUT2D eigenvalue weighted by atomic mass is 79.9. The Labute approximate surface area is 116 Å². The van der Waals surface area contributed by atoms with Gasteiger partial charge in [-0.15, -0.1) is 10.2 Å². The van der Waals surface area contributed by atoms with E-state index in [2.05, 4.69) is 30.8 Å². The number of rotatable bonds is 4. The van der Waals surface area contributed by atoms with Crippen molar-refractivity contribution >= 4 is 42.4 Å². The van der Waals surface area contributed by atoms with Crippen molar-refractivity contribution < 1.29 is 8.42 Å². The zero-order valence-electron chi connectivity index (χ0n) is 9.00. The third-order valence-corrected chi connectivity index (χ3v) is 5.17. The van der Waals surface area contributed by atoms with E-state index in [1.807, 2.05) is 0 Å². The quantitative estimate of drug-likeness (QED) is 0.873. The number of aromatic nitrogens is 2. The average molecular weight is 349 g/mol. The SMILES string of the molecule is NCc1ccc(Br)c(S(=O)(=O)Nc2nncs2)c1. The van der Waals surface area contributed by atoms with Gasteiger partial charge in [0.1, 0.15) is 10.4 Å². The van der Waals surface area contributed by atoms with Gasteiger partial charge in [0, 0.05) is 11.0 Å². The van der Waals surface area contributed by atoms with Crippen LogP contribution in [0.3, 0.4) is 0 Å². The molecule has 0 radical (unpaired) electrons. The van der Waals surface area contributed by atoms with Gasteiger partial charge in [-0.2, -0.15) is 0 Å². The molecule has 6 nitrogen and oxygen atoms in total. The molecule has 0 amide bonds. The standard InChI is InChI=1S/C9H9BrN4O2S2/c10-7-2-1-6(4-11)3-8(7)18(15,16)14-9-13-12-5-17-9/h1-3,5H,4,11H2,(H,13,14). The molecule has 1 aromatic heterocycles. The van der Waals surface area contributed by atoms with Crippen molar-refractivity contribution in [3.05, 3.63) is 33.7 Å². The lowest BCUT2D eigenvalue weighted by atomic mass is 10.2. The predicted molar refractivity (Wildman–Crippen MR) is 72.8 cm³/mol. The number of nitrogens with two attached hydrogens (primary N) is 1. The van der Waals surface area contributed by atoms with Crippen LogP contribution in [-0.2, 0) is 16.6 Å². The normalized spacial score (nSPS) is 11.4. The molecule has 2 aromatic rings. The average Bonchev–Trinajstić information content (AvgIpc) is 2.81. The molecule has 9 heteroatoms. The second-order valence-electron chi connectivity index (χ2n) is 3.32. The molecule has 0 saturated carbocycles. The maximum Gasteiger partial charge on any atom is 0.264 e. The molecule has 1 aromatic carbocycles. The molecule has 0 atom stereocenters. The van der Waals surface area contributed by atoms with Crippen LogP contribution in [-0.4, -0.2) is 18.6 Å². The van der Waals surface area contributed by atoms with Gasteiger partial charge in [0.2, 0.25) is 5.13 Å². The molecular weight excluding hydrogens is 340 g/mol. The second-order valence-corrected chi connectivity index (χ2v) is 6.66. The minimum Gasteiger partial charge on any atom is -0.326 e. The molecule has 0 fully saturated rings. The maximum absolute atomic E-state index is 12.1. The molecule has 0 aliphatic rings. The second kappa shape index (κ2) is 5.31. The van der Waals surface area contributed by atoms with Gasteiger partial charge >= 0.3 is 0 Å². The minimum absolute atomic E-state index is 0.126. The number of sulfonamides is 1. The van der Waals surface area contributed by atoms with E-state index < -0.39 is 10.0 Å². The van der Waals surface area contributed by atoms with Crippen molar-refractivity contribution in [1.29, 1.82) is 0 Å². The lowest BCUT2D eigenvalue weighted by molar-refractivity contribution is 0.600. The van der Waals surface area contributed by atoms with E-state index in [4.69, 9.17) is 5.73 Å². The van der Waals surface area contributed by atoms with Crippen molar-refractivity contribution in [1.82, 2.24) is 10.2 Å². The first-order valence-corrected chi connectivity index (χ1v) is 7.96.